The first kappa shape index (κ1) is 16.8. The minimum atomic E-state index is -1.14. The van der Waals surface area contributed by atoms with Crippen LogP contribution in [0.2, 0.25) is 0 Å². The number of carbonyl (C=O) groups is 2. The first-order chi connectivity index (χ1) is 10.5. The molecule has 0 bridgehead atoms. The summed E-state index contributed by atoms with van der Waals surface area (Å²) in [5.41, 5.74) is -0.576. The van der Waals surface area contributed by atoms with Gasteiger partial charge in [-0.15, -0.1) is 0 Å². The van der Waals surface area contributed by atoms with E-state index in [-0.39, 0.29) is 6.61 Å². The fourth-order valence-corrected chi connectivity index (χ4v) is 3.20. The zero-order valence-corrected chi connectivity index (χ0v) is 13.1. The van der Waals surface area contributed by atoms with Crippen LogP contribution in [-0.2, 0) is 23.8 Å². The monoisotopic (exact) mass is 326 g/mol. The van der Waals surface area contributed by atoms with Crippen molar-refractivity contribution in [2.45, 2.75) is 42.5 Å². The molecule has 1 fully saturated rings. The maximum absolute atomic E-state index is 11.3. The van der Waals surface area contributed by atoms with E-state index >= 15 is 0 Å². The average Bonchev–Trinajstić information content (AvgIpc) is 2.46. The highest BCUT2D eigenvalue weighted by molar-refractivity contribution is 7.99. The quantitative estimate of drug-likeness (QED) is 0.837. The number of carbonyl (C=O) groups excluding carboxylic acids is 2. The Bertz CT molecular complexity index is 520. The van der Waals surface area contributed by atoms with Crippen LogP contribution in [0.5, 0.6) is 0 Å². The van der Waals surface area contributed by atoms with Crippen LogP contribution in [0.25, 0.3) is 0 Å². The van der Waals surface area contributed by atoms with Gasteiger partial charge in [0.05, 0.1) is 6.61 Å². The molecule has 1 aromatic carbocycles. The van der Waals surface area contributed by atoms with Crippen LogP contribution in [0.3, 0.4) is 0 Å². The van der Waals surface area contributed by atoms with E-state index in [1.165, 1.54) is 25.6 Å². The Labute approximate surface area is 132 Å². The molecule has 0 saturated carbocycles. The summed E-state index contributed by atoms with van der Waals surface area (Å²) < 4.78 is 15.8. The Kier molecular flexibility index (Phi) is 5.82. The SMILES string of the molecule is CC(=O)OC1COC(Sc2ccccc2)C(OC(C)=O)C1O. The molecule has 1 N–H and O–H groups in total. The van der Waals surface area contributed by atoms with Gasteiger partial charge in [-0.2, -0.15) is 0 Å². The molecule has 0 aliphatic carbocycles. The number of esters is 2. The lowest BCUT2D eigenvalue weighted by Crippen LogP contribution is -2.54. The van der Waals surface area contributed by atoms with Crippen molar-refractivity contribution in [3.05, 3.63) is 30.3 Å². The normalized spacial score (nSPS) is 28.0. The van der Waals surface area contributed by atoms with Crippen molar-refractivity contribution < 1.29 is 28.9 Å². The molecule has 1 aliphatic heterocycles. The molecule has 0 aromatic heterocycles. The van der Waals surface area contributed by atoms with Gasteiger partial charge in [-0.25, -0.2) is 0 Å². The van der Waals surface area contributed by atoms with Crippen molar-refractivity contribution in [3.8, 4) is 0 Å². The Hall–Kier alpha value is -1.57. The van der Waals surface area contributed by atoms with Crippen molar-refractivity contribution in [2.75, 3.05) is 6.61 Å². The van der Waals surface area contributed by atoms with E-state index in [0.29, 0.717) is 0 Å². The maximum atomic E-state index is 11.3. The summed E-state index contributed by atoms with van der Waals surface area (Å²) in [5.74, 6) is -1.06. The molecule has 120 valence electrons. The fraction of sp³-hybridized carbons (Fsp3) is 0.467. The van der Waals surface area contributed by atoms with Crippen molar-refractivity contribution >= 4 is 23.7 Å². The Morgan fingerprint density at radius 1 is 1.18 bits per heavy atom. The van der Waals surface area contributed by atoms with Crippen LogP contribution in [0.1, 0.15) is 13.8 Å². The Morgan fingerprint density at radius 3 is 2.41 bits per heavy atom. The molecule has 4 unspecified atom stereocenters. The number of hydrogen-bond acceptors (Lipinski definition) is 7. The smallest absolute Gasteiger partial charge is 0.303 e. The number of ether oxygens (including phenoxy) is 3. The molecule has 22 heavy (non-hydrogen) atoms. The molecule has 1 aliphatic rings. The summed E-state index contributed by atoms with van der Waals surface area (Å²) in [7, 11) is 0. The van der Waals surface area contributed by atoms with Gasteiger partial charge < -0.3 is 19.3 Å². The predicted molar refractivity (Wildman–Crippen MR) is 79.2 cm³/mol. The standard InChI is InChI=1S/C15H18O6S/c1-9(16)20-12-8-19-15(14(13(12)18)21-10(2)17)22-11-6-4-3-5-7-11/h3-7,12-15,18H,8H2,1-2H3. The summed E-state index contributed by atoms with van der Waals surface area (Å²) in [6.45, 7) is 2.55. The van der Waals surface area contributed by atoms with Crippen LogP contribution >= 0.6 is 11.8 Å². The second-order valence-electron chi connectivity index (χ2n) is 4.85. The zero-order chi connectivity index (χ0) is 16.1. The summed E-state index contributed by atoms with van der Waals surface area (Å²) in [4.78, 5) is 23.3. The molecule has 6 nitrogen and oxygen atoms in total. The van der Waals surface area contributed by atoms with Gasteiger partial charge in [0.25, 0.3) is 0 Å². The van der Waals surface area contributed by atoms with E-state index in [9.17, 15) is 14.7 Å². The van der Waals surface area contributed by atoms with Gasteiger partial charge in [0.1, 0.15) is 11.5 Å². The summed E-state index contributed by atoms with van der Waals surface area (Å²) in [5, 5.41) is 10.3. The number of hydrogen-bond donors (Lipinski definition) is 1. The number of aliphatic hydroxyl groups is 1. The molecule has 0 spiro atoms. The van der Waals surface area contributed by atoms with Crippen LogP contribution in [-0.4, -0.2) is 47.4 Å². The number of aliphatic hydroxyl groups excluding tert-OH is 1. The summed E-state index contributed by atoms with van der Waals surface area (Å²) in [6, 6.07) is 9.43. The second kappa shape index (κ2) is 7.62. The van der Waals surface area contributed by atoms with Crippen LogP contribution in [0.4, 0.5) is 0 Å². The Morgan fingerprint density at radius 2 is 1.82 bits per heavy atom. The van der Waals surface area contributed by atoms with Gasteiger partial charge in [0.2, 0.25) is 0 Å². The topological polar surface area (TPSA) is 82.1 Å². The van der Waals surface area contributed by atoms with Crippen molar-refractivity contribution in [1.82, 2.24) is 0 Å². The lowest BCUT2D eigenvalue weighted by Gasteiger charge is -2.38. The van der Waals surface area contributed by atoms with Crippen LogP contribution in [0, 0.1) is 0 Å². The first-order valence-electron chi connectivity index (χ1n) is 6.83. The highest BCUT2D eigenvalue weighted by atomic mass is 32.2. The third kappa shape index (κ3) is 4.46. The van der Waals surface area contributed by atoms with Crippen molar-refractivity contribution in [3.63, 3.8) is 0 Å². The molecule has 2 rings (SSSR count). The molecular weight excluding hydrogens is 308 g/mol. The lowest BCUT2D eigenvalue weighted by atomic mass is 10.1. The zero-order valence-electron chi connectivity index (χ0n) is 12.3. The van der Waals surface area contributed by atoms with Gasteiger partial charge in [-0.3, -0.25) is 9.59 Å². The van der Waals surface area contributed by atoms with E-state index in [1.54, 1.807) is 0 Å². The molecule has 0 radical (unpaired) electrons. The van der Waals surface area contributed by atoms with E-state index in [2.05, 4.69) is 0 Å². The molecular formula is C15H18O6S. The maximum Gasteiger partial charge on any atom is 0.303 e. The van der Waals surface area contributed by atoms with E-state index in [4.69, 9.17) is 14.2 Å². The van der Waals surface area contributed by atoms with Crippen LogP contribution < -0.4 is 0 Å². The molecule has 1 saturated heterocycles. The minimum Gasteiger partial charge on any atom is -0.457 e. The van der Waals surface area contributed by atoms with Gasteiger partial charge in [-0.05, 0) is 12.1 Å². The highest BCUT2D eigenvalue weighted by Gasteiger charge is 2.43. The molecule has 0 amide bonds. The van der Waals surface area contributed by atoms with Crippen LogP contribution in [0.15, 0.2) is 35.2 Å². The third-order valence-corrected chi connectivity index (χ3v) is 4.21. The van der Waals surface area contributed by atoms with E-state index in [1.807, 2.05) is 30.3 Å². The van der Waals surface area contributed by atoms with Gasteiger partial charge in [0.15, 0.2) is 12.2 Å². The molecule has 1 heterocycles. The molecule has 1 aromatic rings. The number of benzene rings is 1. The predicted octanol–water partition coefficient (Wildman–Crippen LogP) is 1.36. The highest BCUT2D eigenvalue weighted by Crippen LogP contribution is 2.33. The molecule has 7 heteroatoms. The number of rotatable bonds is 4. The average molecular weight is 326 g/mol. The van der Waals surface area contributed by atoms with E-state index < -0.39 is 35.7 Å². The lowest BCUT2D eigenvalue weighted by molar-refractivity contribution is -0.201. The largest absolute Gasteiger partial charge is 0.457 e. The first-order valence-corrected chi connectivity index (χ1v) is 7.71. The van der Waals surface area contributed by atoms with E-state index in [0.717, 1.165) is 4.90 Å². The summed E-state index contributed by atoms with van der Waals surface area (Å²) in [6.07, 6.45) is -2.90. The van der Waals surface area contributed by atoms with Crippen molar-refractivity contribution in [1.29, 1.82) is 0 Å². The van der Waals surface area contributed by atoms with Crippen molar-refractivity contribution in [2.24, 2.45) is 0 Å². The molecule has 4 atom stereocenters. The van der Waals surface area contributed by atoms with Gasteiger partial charge in [0, 0.05) is 18.7 Å². The number of thioether (sulfide) groups is 1. The third-order valence-electron chi connectivity index (χ3n) is 3.03. The van der Waals surface area contributed by atoms with Gasteiger partial charge >= 0.3 is 11.9 Å². The fourth-order valence-electron chi connectivity index (χ4n) is 2.12. The Balaban J connectivity index is 2.11. The minimum absolute atomic E-state index is 0.0447. The second-order valence-corrected chi connectivity index (χ2v) is 6.02. The summed E-state index contributed by atoms with van der Waals surface area (Å²) >= 11 is 1.34. The van der Waals surface area contributed by atoms with Gasteiger partial charge in [-0.1, -0.05) is 30.0 Å².